The van der Waals surface area contributed by atoms with E-state index >= 15 is 0 Å². The number of para-hydroxylation sites is 8. The minimum Gasteiger partial charge on any atom is -0.455 e. The molecule has 0 radical (unpaired) electrons. The molecule has 64 heavy (non-hydrogen) atoms. The fourth-order valence-electron chi connectivity index (χ4n) is 10.1. The average molecular weight is 819 g/mol. The molecule has 13 rings (SSSR count). The Morgan fingerprint density at radius 1 is 0.312 bits per heavy atom. The third kappa shape index (κ3) is 5.49. The van der Waals surface area contributed by atoms with Crippen LogP contribution in [0.2, 0.25) is 0 Å². The maximum absolute atomic E-state index is 6.80. The molecule has 13 aromatic rings. The maximum atomic E-state index is 6.80. The van der Waals surface area contributed by atoms with Gasteiger partial charge in [0.1, 0.15) is 22.3 Å². The Balaban J connectivity index is 1.16. The topological polar surface area (TPSA) is 34.5 Å². The smallest absolute Gasteiger partial charge is 0.143 e. The van der Waals surface area contributed by atoms with E-state index in [1.165, 1.54) is 0 Å². The summed E-state index contributed by atoms with van der Waals surface area (Å²) in [7, 11) is 0. The van der Waals surface area contributed by atoms with E-state index in [4.69, 9.17) is 8.83 Å². The Morgan fingerprint density at radius 2 is 0.766 bits per heavy atom. The van der Waals surface area contributed by atoms with Crippen LogP contribution in [-0.4, -0.2) is 4.57 Å². The molecular weight excluding hydrogens is 781 g/mol. The van der Waals surface area contributed by atoms with Crippen LogP contribution in [0.15, 0.2) is 239 Å². The molecule has 4 nitrogen and oxygen atoms in total. The first-order chi connectivity index (χ1) is 31.8. The lowest BCUT2D eigenvalue weighted by Crippen LogP contribution is -2.11. The molecule has 0 saturated heterocycles. The van der Waals surface area contributed by atoms with Crippen molar-refractivity contribution >= 4 is 82.7 Å². The second-order valence-corrected chi connectivity index (χ2v) is 16.3. The van der Waals surface area contributed by atoms with Gasteiger partial charge in [0.05, 0.1) is 28.1 Å². The number of fused-ring (bicyclic) bond motifs is 9. The van der Waals surface area contributed by atoms with Gasteiger partial charge in [-0.1, -0.05) is 182 Å². The van der Waals surface area contributed by atoms with Gasteiger partial charge >= 0.3 is 0 Å². The van der Waals surface area contributed by atoms with Crippen molar-refractivity contribution in [3.8, 4) is 39.1 Å². The predicted octanol–water partition coefficient (Wildman–Crippen LogP) is 17.1. The molecule has 0 aliphatic rings. The number of nitrogens with zero attached hydrogens (tertiary/aromatic N) is 2. The molecule has 0 saturated carbocycles. The van der Waals surface area contributed by atoms with Gasteiger partial charge in [0.15, 0.2) is 0 Å². The summed E-state index contributed by atoms with van der Waals surface area (Å²) in [6.07, 6.45) is 0. The van der Waals surface area contributed by atoms with Crippen LogP contribution in [0.25, 0.3) is 105 Å². The monoisotopic (exact) mass is 818 g/mol. The highest BCUT2D eigenvalue weighted by atomic mass is 16.3. The Hall–Kier alpha value is -8.60. The zero-order chi connectivity index (χ0) is 42.1. The van der Waals surface area contributed by atoms with Gasteiger partial charge in [-0.15, -0.1) is 0 Å². The summed E-state index contributed by atoms with van der Waals surface area (Å²) in [4.78, 5) is 2.43. The van der Waals surface area contributed by atoms with Crippen molar-refractivity contribution < 1.29 is 8.83 Å². The van der Waals surface area contributed by atoms with Crippen molar-refractivity contribution in [2.45, 2.75) is 0 Å². The van der Waals surface area contributed by atoms with Crippen molar-refractivity contribution in [2.75, 3.05) is 4.90 Å². The molecular formula is C60H38N2O2. The zero-order valence-corrected chi connectivity index (χ0v) is 34.7. The van der Waals surface area contributed by atoms with Gasteiger partial charge in [0.2, 0.25) is 0 Å². The van der Waals surface area contributed by atoms with Crippen molar-refractivity contribution in [1.82, 2.24) is 4.57 Å². The second kappa shape index (κ2) is 14.5. The van der Waals surface area contributed by atoms with Gasteiger partial charge in [-0.25, -0.2) is 0 Å². The number of hydrogen-bond acceptors (Lipinski definition) is 3. The number of anilines is 3. The largest absolute Gasteiger partial charge is 0.455 e. The highest BCUT2D eigenvalue weighted by Gasteiger charge is 2.27. The number of aromatic nitrogens is 1. The Labute approximate surface area is 369 Å². The fourth-order valence-corrected chi connectivity index (χ4v) is 10.1. The van der Waals surface area contributed by atoms with Crippen molar-refractivity contribution in [2.24, 2.45) is 0 Å². The number of rotatable bonds is 7. The molecule has 0 spiro atoms. The van der Waals surface area contributed by atoms with Gasteiger partial charge < -0.3 is 18.3 Å². The minimum atomic E-state index is 0.860. The van der Waals surface area contributed by atoms with E-state index in [1.54, 1.807) is 0 Å². The van der Waals surface area contributed by atoms with Crippen LogP contribution in [0.4, 0.5) is 17.1 Å². The molecule has 0 amide bonds. The van der Waals surface area contributed by atoms with E-state index in [9.17, 15) is 0 Å². The SMILES string of the molecule is c1ccc(-c2ccccc2N(c2ccccc2)c2cccc3c2c2ccccc2n3-c2c(-c3cccc4c3oc3ccccc34)cccc2-c2cccc3c2oc2ccccc23)cc1. The third-order valence-electron chi connectivity index (χ3n) is 12.8. The third-order valence-corrected chi connectivity index (χ3v) is 12.8. The van der Waals surface area contributed by atoms with Crippen LogP contribution in [-0.2, 0) is 0 Å². The molecule has 0 N–H and O–H groups in total. The Bertz CT molecular complexity index is 3780. The molecule has 0 bridgehead atoms. The summed E-state index contributed by atoms with van der Waals surface area (Å²) in [5.41, 5.74) is 16.4. The van der Waals surface area contributed by atoms with Gasteiger partial charge in [-0.2, -0.15) is 0 Å². The van der Waals surface area contributed by atoms with Crippen molar-refractivity contribution in [3.05, 3.63) is 231 Å². The van der Waals surface area contributed by atoms with E-state index in [2.05, 4.69) is 228 Å². The first-order valence-electron chi connectivity index (χ1n) is 21.8. The van der Waals surface area contributed by atoms with Gasteiger partial charge in [0, 0.05) is 65.8 Å². The number of hydrogen-bond donors (Lipinski definition) is 0. The molecule has 0 unspecified atom stereocenters. The first kappa shape index (κ1) is 36.1. The lowest BCUT2D eigenvalue weighted by Gasteiger charge is -2.28. The van der Waals surface area contributed by atoms with Crippen molar-refractivity contribution in [3.63, 3.8) is 0 Å². The van der Waals surface area contributed by atoms with Crippen LogP contribution >= 0.6 is 0 Å². The number of benzene rings is 10. The highest BCUT2D eigenvalue weighted by Crippen LogP contribution is 2.50. The van der Waals surface area contributed by atoms with E-state index < -0.39 is 0 Å². The van der Waals surface area contributed by atoms with Crippen molar-refractivity contribution in [1.29, 1.82) is 0 Å². The van der Waals surface area contributed by atoms with E-state index in [0.29, 0.717) is 0 Å². The molecule has 4 heteroatoms. The molecule has 3 aromatic heterocycles. The average Bonchev–Trinajstić information content (AvgIpc) is 4.05. The molecule has 0 atom stereocenters. The van der Waals surface area contributed by atoms with Crippen LogP contribution in [0.1, 0.15) is 0 Å². The predicted molar refractivity (Wildman–Crippen MR) is 266 cm³/mol. The molecule has 0 fully saturated rings. The normalized spacial score (nSPS) is 11.8. The van der Waals surface area contributed by atoms with Crippen LogP contribution < -0.4 is 4.90 Å². The lowest BCUT2D eigenvalue weighted by atomic mass is 9.93. The maximum Gasteiger partial charge on any atom is 0.143 e. The second-order valence-electron chi connectivity index (χ2n) is 16.3. The zero-order valence-electron chi connectivity index (χ0n) is 34.7. The molecule has 0 aliphatic carbocycles. The summed E-state index contributed by atoms with van der Waals surface area (Å²) >= 11 is 0. The summed E-state index contributed by atoms with van der Waals surface area (Å²) < 4.78 is 16.1. The lowest BCUT2D eigenvalue weighted by molar-refractivity contribution is 0.670. The van der Waals surface area contributed by atoms with Gasteiger partial charge in [0.25, 0.3) is 0 Å². The first-order valence-corrected chi connectivity index (χ1v) is 21.8. The summed E-state index contributed by atoms with van der Waals surface area (Å²) in [6, 6.07) is 82.1. The molecule has 10 aromatic carbocycles. The van der Waals surface area contributed by atoms with Gasteiger partial charge in [-0.05, 0) is 54.1 Å². The fraction of sp³-hybridized carbons (Fsp3) is 0. The quantitative estimate of drug-likeness (QED) is 0.161. The molecule has 300 valence electrons. The minimum absolute atomic E-state index is 0.860. The standard InChI is InChI=1S/C60H38N2O2/c1-3-19-39(20-4-1)41-23-7-11-33-51(41)61(40-21-5-2-6-22-40)53-35-18-36-54-57(53)50-26-8-12-34-52(50)62(54)58-44(48-31-16-29-46-42-24-9-13-37-55(42)63-59(46)48)27-15-28-45(58)49-32-17-30-47-43-25-10-14-38-56(43)64-60(47)49/h1-38H. The van der Waals surface area contributed by atoms with E-state index in [-0.39, 0.29) is 0 Å². The van der Waals surface area contributed by atoms with E-state index in [1.807, 2.05) is 12.1 Å². The highest BCUT2D eigenvalue weighted by molar-refractivity contribution is 6.19. The summed E-state index contributed by atoms with van der Waals surface area (Å²) in [6.45, 7) is 0. The van der Waals surface area contributed by atoms with Crippen LogP contribution in [0.5, 0.6) is 0 Å². The van der Waals surface area contributed by atoms with Crippen LogP contribution in [0, 0.1) is 0 Å². The molecule has 3 heterocycles. The van der Waals surface area contributed by atoms with E-state index in [0.717, 1.165) is 122 Å². The Kier molecular flexibility index (Phi) is 8.18. The summed E-state index contributed by atoms with van der Waals surface area (Å²) in [5.74, 6) is 0. The number of furan rings is 2. The van der Waals surface area contributed by atoms with Crippen LogP contribution in [0.3, 0.4) is 0 Å². The Morgan fingerprint density at radius 3 is 1.44 bits per heavy atom. The summed E-state index contributed by atoms with van der Waals surface area (Å²) in [5, 5.41) is 6.67. The molecule has 0 aliphatic heterocycles. The van der Waals surface area contributed by atoms with Gasteiger partial charge in [-0.3, -0.25) is 0 Å².